The molecule has 2 aliphatic rings. The highest BCUT2D eigenvalue weighted by atomic mass is 16.6. The van der Waals surface area contributed by atoms with E-state index in [1.165, 1.54) is 0 Å². The lowest BCUT2D eigenvalue weighted by atomic mass is 10.1. The normalized spacial score (nSPS) is 21.2. The second kappa shape index (κ2) is 6.48. The van der Waals surface area contributed by atoms with Crippen LogP contribution in [0.3, 0.4) is 0 Å². The molecule has 1 saturated heterocycles. The summed E-state index contributed by atoms with van der Waals surface area (Å²) >= 11 is 0. The molecule has 124 valence electrons. The van der Waals surface area contributed by atoms with Gasteiger partial charge >= 0.3 is 0 Å². The van der Waals surface area contributed by atoms with E-state index in [2.05, 4.69) is 5.32 Å². The lowest BCUT2D eigenvalue weighted by molar-refractivity contribution is -0.126. The first-order valence-corrected chi connectivity index (χ1v) is 8.09. The van der Waals surface area contributed by atoms with Crippen molar-refractivity contribution in [3.8, 4) is 11.5 Å². The molecule has 1 fully saturated rings. The SMILES string of the molecule is CC[C@H](C)NC(=O)[C@H]1CC(=O)N(c2ccc3c(c2)OCCO3)C1. The van der Waals surface area contributed by atoms with Gasteiger partial charge in [0.05, 0.1) is 5.92 Å². The van der Waals surface area contributed by atoms with Crippen LogP contribution in [-0.4, -0.2) is 37.6 Å². The highest BCUT2D eigenvalue weighted by Gasteiger charge is 2.35. The van der Waals surface area contributed by atoms with Gasteiger partial charge in [0, 0.05) is 30.8 Å². The first-order chi connectivity index (χ1) is 11.1. The Labute approximate surface area is 135 Å². The molecule has 6 nitrogen and oxygen atoms in total. The van der Waals surface area contributed by atoms with Crippen molar-refractivity contribution in [3.63, 3.8) is 0 Å². The van der Waals surface area contributed by atoms with Crippen LogP contribution in [0.15, 0.2) is 18.2 Å². The molecule has 0 radical (unpaired) electrons. The number of hydrogen-bond donors (Lipinski definition) is 1. The Morgan fingerprint density at radius 2 is 2.09 bits per heavy atom. The Balaban J connectivity index is 1.71. The molecule has 0 aromatic heterocycles. The van der Waals surface area contributed by atoms with Gasteiger partial charge in [0.15, 0.2) is 11.5 Å². The molecule has 2 aliphatic heterocycles. The summed E-state index contributed by atoms with van der Waals surface area (Å²) in [5, 5.41) is 2.95. The number of hydrogen-bond acceptors (Lipinski definition) is 4. The molecule has 0 bridgehead atoms. The van der Waals surface area contributed by atoms with Gasteiger partial charge in [-0.3, -0.25) is 9.59 Å². The van der Waals surface area contributed by atoms with Crippen molar-refractivity contribution in [2.45, 2.75) is 32.7 Å². The lowest BCUT2D eigenvalue weighted by Crippen LogP contribution is -2.38. The molecular weight excluding hydrogens is 296 g/mol. The van der Waals surface area contributed by atoms with Crippen LogP contribution in [0.1, 0.15) is 26.7 Å². The Morgan fingerprint density at radius 1 is 1.35 bits per heavy atom. The van der Waals surface area contributed by atoms with Gasteiger partial charge in [-0.05, 0) is 25.5 Å². The maximum absolute atomic E-state index is 12.3. The number of amides is 2. The van der Waals surface area contributed by atoms with Gasteiger partial charge < -0.3 is 19.7 Å². The number of carbonyl (C=O) groups is 2. The summed E-state index contributed by atoms with van der Waals surface area (Å²) in [7, 11) is 0. The van der Waals surface area contributed by atoms with Crippen molar-refractivity contribution in [2.24, 2.45) is 5.92 Å². The third-order valence-electron chi connectivity index (χ3n) is 4.33. The van der Waals surface area contributed by atoms with E-state index >= 15 is 0 Å². The van der Waals surface area contributed by atoms with Gasteiger partial charge in [-0.15, -0.1) is 0 Å². The summed E-state index contributed by atoms with van der Waals surface area (Å²) < 4.78 is 11.0. The molecule has 3 rings (SSSR count). The lowest BCUT2D eigenvalue weighted by Gasteiger charge is -2.22. The van der Waals surface area contributed by atoms with Crippen molar-refractivity contribution in [2.75, 3.05) is 24.7 Å². The van der Waals surface area contributed by atoms with Gasteiger partial charge in [0.2, 0.25) is 11.8 Å². The monoisotopic (exact) mass is 318 g/mol. The summed E-state index contributed by atoms with van der Waals surface area (Å²) in [6.07, 6.45) is 1.12. The average molecular weight is 318 g/mol. The number of nitrogens with one attached hydrogen (secondary N) is 1. The van der Waals surface area contributed by atoms with Gasteiger partial charge in [0.25, 0.3) is 0 Å². The zero-order valence-corrected chi connectivity index (χ0v) is 13.5. The number of benzene rings is 1. The molecule has 1 N–H and O–H groups in total. The molecule has 6 heteroatoms. The average Bonchev–Trinajstić information content (AvgIpc) is 2.96. The maximum atomic E-state index is 12.3. The fourth-order valence-electron chi connectivity index (χ4n) is 2.80. The van der Waals surface area contributed by atoms with E-state index in [9.17, 15) is 9.59 Å². The maximum Gasteiger partial charge on any atom is 0.227 e. The van der Waals surface area contributed by atoms with Crippen LogP contribution in [0.5, 0.6) is 11.5 Å². The molecule has 0 aliphatic carbocycles. The smallest absolute Gasteiger partial charge is 0.227 e. The van der Waals surface area contributed by atoms with Gasteiger partial charge in [0.1, 0.15) is 13.2 Å². The molecule has 2 heterocycles. The van der Waals surface area contributed by atoms with Crippen molar-refractivity contribution >= 4 is 17.5 Å². The third kappa shape index (κ3) is 3.25. The van der Waals surface area contributed by atoms with Crippen LogP contribution >= 0.6 is 0 Å². The van der Waals surface area contributed by atoms with Crippen LogP contribution in [0.2, 0.25) is 0 Å². The second-order valence-corrected chi connectivity index (χ2v) is 6.05. The summed E-state index contributed by atoms with van der Waals surface area (Å²) in [5.74, 6) is 0.954. The fourth-order valence-corrected chi connectivity index (χ4v) is 2.80. The van der Waals surface area contributed by atoms with Gasteiger partial charge in [-0.25, -0.2) is 0 Å². The van der Waals surface area contributed by atoms with Gasteiger partial charge in [-0.2, -0.15) is 0 Å². The van der Waals surface area contributed by atoms with Crippen LogP contribution in [-0.2, 0) is 9.59 Å². The zero-order chi connectivity index (χ0) is 16.4. The van der Waals surface area contributed by atoms with Crippen LogP contribution in [0.4, 0.5) is 5.69 Å². The minimum Gasteiger partial charge on any atom is -0.486 e. The molecule has 0 saturated carbocycles. The van der Waals surface area contributed by atoms with Crippen LogP contribution in [0, 0.1) is 5.92 Å². The highest BCUT2D eigenvalue weighted by molar-refractivity contribution is 6.00. The fraction of sp³-hybridized carbons (Fsp3) is 0.529. The summed E-state index contributed by atoms with van der Waals surface area (Å²) in [6.45, 7) is 5.43. The number of anilines is 1. The van der Waals surface area contributed by atoms with Crippen molar-refractivity contribution in [1.29, 1.82) is 0 Å². The van der Waals surface area contributed by atoms with Crippen molar-refractivity contribution in [1.82, 2.24) is 5.32 Å². The molecule has 0 unspecified atom stereocenters. The molecule has 0 spiro atoms. The molecule has 2 atom stereocenters. The highest BCUT2D eigenvalue weighted by Crippen LogP contribution is 2.35. The van der Waals surface area contributed by atoms with Crippen molar-refractivity contribution < 1.29 is 19.1 Å². The Bertz CT molecular complexity index is 617. The second-order valence-electron chi connectivity index (χ2n) is 6.05. The van der Waals surface area contributed by atoms with E-state index in [0.717, 1.165) is 12.1 Å². The van der Waals surface area contributed by atoms with Crippen molar-refractivity contribution in [3.05, 3.63) is 18.2 Å². The predicted octanol–water partition coefficient (Wildman–Crippen LogP) is 1.73. The number of ether oxygens (including phenoxy) is 2. The summed E-state index contributed by atoms with van der Waals surface area (Å²) in [5.41, 5.74) is 0.748. The summed E-state index contributed by atoms with van der Waals surface area (Å²) in [4.78, 5) is 26.2. The largest absolute Gasteiger partial charge is 0.486 e. The predicted molar refractivity (Wildman–Crippen MR) is 85.8 cm³/mol. The van der Waals surface area contributed by atoms with Crippen LogP contribution < -0.4 is 19.7 Å². The molecule has 1 aromatic carbocycles. The number of fused-ring (bicyclic) bond motifs is 1. The molecule has 1 aromatic rings. The van der Waals surface area contributed by atoms with E-state index in [1.807, 2.05) is 26.0 Å². The van der Waals surface area contributed by atoms with E-state index in [-0.39, 0.29) is 30.2 Å². The molecular formula is C17H22N2O4. The minimum atomic E-state index is -0.301. The van der Waals surface area contributed by atoms with Gasteiger partial charge in [-0.1, -0.05) is 6.92 Å². The topological polar surface area (TPSA) is 67.9 Å². The number of carbonyl (C=O) groups excluding carboxylic acids is 2. The first-order valence-electron chi connectivity index (χ1n) is 8.09. The third-order valence-corrected chi connectivity index (χ3v) is 4.33. The van der Waals surface area contributed by atoms with E-state index in [0.29, 0.717) is 31.3 Å². The van der Waals surface area contributed by atoms with E-state index < -0.39 is 0 Å². The Kier molecular flexibility index (Phi) is 4.41. The molecule has 2 amide bonds. The standard InChI is InChI=1S/C17H22N2O4/c1-3-11(2)18-17(21)12-8-16(20)19(10-12)13-4-5-14-15(9-13)23-7-6-22-14/h4-5,9,11-12H,3,6-8,10H2,1-2H3,(H,18,21)/t11-,12-/m0/s1. The van der Waals surface area contributed by atoms with E-state index in [1.54, 1.807) is 11.0 Å². The quantitative estimate of drug-likeness (QED) is 0.918. The minimum absolute atomic E-state index is 0.0361. The zero-order valence-electron chi connectivity index (χ0n) is 13.5. The Morgan fingerprint density at radius 3 is 2.83 bits per heavy atom. The first kappa shape index (κ1) is 15.6. The van der Waals surface area contributed by atoms with E-state index in [4.69, 9.17) is 9.47 Å². The Hall–Kier alpha value is -2.24. The number of nitrogens with zero attached hydrogens (tertiary/aromatic N) is 1. The number of rotatable bonds is 4. The van der Waals surface area contributed by atoms with Crippen LogP contribution in [0.25, 0.3) is 0 Å². The summed E-state index contributed by atoms with van der Waals surface area (Å²) in [6, 6.07) is 5.58. The molecule has 23 heavy (non-hydrogen) atoms.